The first-order valence-corrected chi connectivity index (χ1v) is 10.5. The van der Waals surface area contributed by atoms with E-state index in [1.807, 2.05) is 18.2 Å². The van der Waals surface area contributed by atoms with Crippen LogP contribution >= 0.6 is 15.9 Å². The summed E-state index contributed by atoms with van der Waals surface area (Å²) in [4.78, 5) is 45.2. The molecule has 0 radical (unpaired) electrons. The molecule has 1 saturated heterocycles. The van der Waals surface area contributed by atoms with Gasteiger partial charge in [0.2, 0.25) is 11.8 Å². The number of hydrogen-bond donors (Lipinski definition) is 1. The number of carbonyl (C=O) groups is 3. The number of nitrogens with zero attached hydrogens (tertiary/aromatic N) is 3. The third-order valence-corrected chi connectivity index (χ3v) is 6.00. The number of benzene rings is 1. The zero-order chi connectivity index (χ0) is 21.3. The molecule has 3 heterocycles. The largest absolute Gasteiger partial charge is 0.341 e. The third-order valence-electron chi connectivity index (χ3n) is 5.53. The minimum absolute atomic E-state index is 0.0357. The summed E-state index contributed by atoms with van der Waals surface area (Å²) in [6, 6.07) is 10.8. The molecular formula is C22H21BrN4O3. The Kier molecular flexibility index (Phi) is 5.67. The van der Waals surface area contributed by atoms with Crippen LogP contribution in [0.15, 0.2) is 53.6 Å². The molecule has 0 spiro atoms. The molecule has 1 aromatic carbocycles. The monoisotopic (exact) mass is 468 g/mol. The molecule has 4 rings (SSSR count). The Morgan fingerprint density at radius 2 is 1.83 bits per heavy atom. The fourth-order valence-electron chi connectivity index (χ4n) is 3.81. The second-order valence-corrected chi connectivity index (χ2v) is 8.31. The van der Waals surface area contributed by atoms with E-state index in [2.05, 4.69) is 32.8 Å². The highest BCUT2D eigenvalue weighted by Gasteiger charge is 2.34. The van der Waals surface area contributed by atoms with Crippen molar-refractivity contribution in [3.8, 4) is 0 Å². The summed E-state index contributed by atoms with van der Waals surface area (Å²) in [6.07, 6.45) is 2.77. The molecule has 2 aromatic rings. The van der Waals surface area contributed by atoms with Crippen LogP contribution in [-0.2, 0) is 9.59 Å². The van der Waals surface area contributed by atoms with Gasteiger partial charge in [0.1, 0.15) is 12.4 Å². The van der Waals surface area contributed by atoms with Gasteiger partial charge in [0.05, 0.1) is 0 Å². The van der Waals surface area contributed by atoms with Crippen LogP contribution in [0.1, 0.15) is 28.8 Å². The van der Waals surface area contributed by atoms with Crippen LogP contribution in [0.5, 0.6) is 0 Å². The van der Waals surface area contributed by atoms with Gasteiger partial charge in [0, 0.05) is 46.5 Å². The number of fused-ring (bicyclic) bond motifs is 1. The van der Waals surface area contributed by atoms with Gasteiger partial charge in [-0.05, 0) is 47.0 Å². The third kappa shape index (κ3) is 4.00. The van der Waals surface area contributed by atoms with Crippen molar-refractivity contribution < 1.29 is 14.4 Å². The van der Waals surface area contributed by atoms with E-state index in [1.54, 1.807) is 29.3 Å². The van der Waals surface area contributed by atoms with E-state index < -0.39 is 0 Å². The minimum Gasteiger partial charge on any atom is -0.341 e. The first-order chi connectivity index (χ1) is 14.4. The van der Waals surface area contributed by atoms with Gasteiger partial charge in [-0.3, -0.25) is 19.3 Å². The van der Waals surface area contributed by atoms with Gasteiger partial charge in [-0.15, -0.1) is 0 Å². The average Bonchev–Trinajstić information content (AvgIpc) is 3.00. The topological polar surface area (TPSA) is 82.6 Å². The summed E-state index contributed by atoms with van der Waals surface area (Å²) in [5.41, 5.74) is 1.90. The number of nitrogens with one attached hydrogen (secondary N) is 1. The molecule has 0 saturated carbocycles. The Morgan fingerprint density at radius 3 is 2.47 bits per heavy atom. The lowest BCUT2D eigenvalue weighted by molar-refractivity contribution is -0.134. The normalized spacial score (nSPS) is 16.6. The van der Waals surface area contributed by atoms with E-state index in [9.17, 15) is 14.4 Å². The van der Waals surface area contributed by atoms with Crippen molar-refractivity contribution in [2.45, 2.75) is 12.8 Å². The molecule has 2 aliphatic rings. The Balaban J connectivity index is 1.30. The maximum absolute atomic E-state index is 12.8. The molecule has 30 heavy (non-hydrogen) atoms. The lowest BCUT2D eigenvalue weighted by atomic mass is 9.96. The molecular weight excluding hydrogens is 448 g/mol. The fourth-order valence-corrected chi connectivity index (χ4v) is 4.04. The predicted molar refractivity (Wildman–Crippen MR) is 116 cm³/mol. The number of halogens is 1. The maximum atomic E-state index is 12.8. The molecule has 3 amide bonds. The van der Waals surface area contributed by atoms with E-state index in [4.69, 9.17) is 0 Å². The van der Waals surface area contributed by atoms with Crippen LogP contribution in [0.25, 0.3) is 5.70 Å². The quantitative estimate of drug-likeness (QED) is 0.746. The fraction of sp³-hybridized carbons (Fsp3) is 0.273. The summed E-state index contributed by atoms with van der Waals surface area (Å²) < 4.78 is 0.842. The van der Waals surface area contributed by atoms with Gasteiger partial charge >= 0.3 is 0 Å². The van der Waals surface area contributed by atoms with E-state index >= 15 is 0 Å². The summed E-state index contributed by atoms with van der Waals surface area (Å²) in [7, 11) is 0. The molecule has 0 atom stereocenters. The van der Waals surface area contributed by atoms with Crippen LogP contribution in [0.2, 0.25) is 0 Å². The van der Waals surface area contributed by atoms with Crippen LogP contribution in [-0.4, -0.2) is 52.1 Å². The summed E-state index contributed by atoms with van der Waals surface area (Å²) in [6.45, 7) is 4.90. The van der Waals surface area contributed by atoms with Crippen molar-refractivity contribution in [3.63, 3.8) is 0 Å². The highest BCUT2D eigenvalue weighted by atomic mass is 79.9. The van der Waals surface area contributed by atoms with Crippen molar-refractivity contribution in [2.75, 3.05) is 25.0 Å². The van der Waals surface area contributed by atoms with Gasteiger partial charge in [-0.2, -0.15) is 0 Å². The standard InChI is InChI=1S/C22H21BrN4O3/c1-14-17-4-2-3-5-18(17)22(30)27(14)13-20(28)26-10-8-15(9-11-26)21(29)25-19-7-6-16(23)12-24-19/h2-7,12,15H,1,8-11,13H2,(H,24,25,29). The van der Waals surface area contributed by atoms with Gasteiger partial charge < -0.3 is 10.2 Å². The van der Waals surface area contributed by atoms with Crippen molar-refractivity contribution in [2.24, 2.45) is 5.92 Å². The summed E-state index contributed by atoms with van der Waals surface area (Å²) >= 11 is 3.31. The van der Waals surface area contributed by atoms with Crippen molar-refractivity contribution in [1.29, 1.82) is 0 Å². The van der Waals surface area contributed by atoms with Crippen LogP contribution in [0, 0.1) is 5.92 Å². The van der Waals surface area contributed by atoms with Crippen molar-refractivity contribution in [1.82, 2.24) is 14.8 Å². The summed E-state index contributed by atoms with van der Waals surface area (Å²) in [5.74, 6) is -0.0825. The number of aromatic nitrogens is 1. The van der Waals surface area contributed by atoms with E-state index in [1.165, 1.54) is 4.90 Å². The molecule has 0 unspecified atom stereocenters. The first-order valence-electron chi connectivity index (χ1n) is 9.74. The molecule has 154 valence electrons. The van der Waals surface area contributed by atoms with Crippen molar-refractivity contribution >= 4 is 45.2 Å². The van der Waals surface area contributed by atoms with Gasteiger partial charge in [-0.1, -0.05) is 24.8 Å². The molecule has 0 aliphatic carbocycles. The SMILES string of the molecule is C=C1c2ccccc2C(=O)N1CC(=O)N1CCC(C(=O)Nc2ccc(Br)cn2)CC1. The number of anilines is 1. The second-order valence-electron chi connectivity index (χ2n) is 7.39. The Labute approximate surface area is 182 Å². The molecule has 1 fully saturated rings. The molecule has 8 heteroatoms. The van der Waals surface area contributed by atoms with Gasteiger partial charge in [0.25, 0.3) is 5.91 Å². The molecule has 7 nitrogen and oxygen atoms in total. The zero-order valence-electron chi connectivity index (χ0n) is 16.3. The number of rotatable bonds is 4. The van der Waals surface area contributed by atoms with Crippen LogP contribution in [0.3, 0.4) is 0 Å². The smallest absolute Gasteiger partial charge is 0.259 e. The number of likely N-dealkylation sites (tertiary alicyclic amines) is 1. The Hall–Kier alpha value is -3.00. The summed E-state index contributed by atoms with van der Waals surface area (Å²) in [5, 5.41) is 2.82. The van der Waals surface area contributed by atoms with E-state index in [0.717, 1.165) is 10.0 Å². The Morgan fingerprint density at radius 1 is 1.13 bits per heavy atom. The predicted octanol–water partition coefficient (Wildman–Crippen LogP) is 3.15. The van der Waals surface area contributed by atoms with E-state index in [-0.39, 0.29) is 30.2 Å². The van der Waals surface area contributed by atoms with Gasteiger partial charge in [-0.25, -0.2) is 4.98 Å². The molecule has 1 aromatic heterocycles. The Bertz CT molecular complexity index is 978. The lowest BCUT2D eigenvalue weighted by Crippen LogP contribution is -2.45. The molecule has 2 aliphatic heterocycles. The minimum atomic E-state index is -0.194. The average molecular weight is 469 g/mol. The maximum Gasteiger partial charge on any atom is 0.259 e. The van der Waals surface area contributed by atoms with Crippen LogP contribution < -0.4 is 5.32 Å². The molecule has 0 bridgehead atoms. The highest BCUT2D eigenvalue weighted by molar-refractivity contribution is 9.10. The first kappa shape index (κ1) is 20.3. The highest BCUT2D eigenvalue weighted by Crippen LogP contribution is 2.31. The zero-order valence-corrected chi connectivity index (χ0v) is 17.9. The van der Waals surface area contributed by atoms with Crippen molar-refractivity contribution in [3.05, 3.63) is 64.8 Å². The van der Waals surface area contributed by atoms with E-state index in [0.29, 0.717) is 43.0 Å². The second kappa shape index (κ2) is 8.39. The lowest BCUT2D eigenvalue weighted by Gasteiger charge is -2.32. The number of pyridine rings is 1. The number of piperidine rings is 1. The molecule has 1 N–H and O–H groups in total. The van der Waals surface area contributed by atoms with Crippen LogP contribution in [0.4, 0.5) is 5.82 Å². The number of carbonyl (C=O) groups excluding carboxylic acids is 3. The number of amides is 3. The van der Waals surface area contributed by atoms with Gasteiger partial charge in [0.15, 0.2) is 0 Å². The number of hydrogen-bond acceptors (Lipinski definition) is 4.